The van der Waals surface area contributed by atoms with E-state index in [9.17, 15) is 4.79 Å². The first kappa shape index (κ1) is 11.9. The summed E-state index contributed by atoms with van der Waals surface area (Å²) in [6.45, 7) is 0.501. The summed E-state index contributed by atoms with van der Waals surface area (Å²) in [6, 6.07) is 8.26. The van der Waals surface area contributed by atoms with Gasteiger partial charge in [-0.1, -0.05) is 12.1 Å². The maximum Gasteiger partial charge on any atom is 0.305 e. The molecular weight excluding hydrogens is 242 g/mol. The Morgan fingerprint density at radius 2 is 2.11 bits per heavy atom. The lowest BCUT2D eigenvalue weighted by Crippen LogP contribution is -2.29. The molecule has 1 fully saturated rings. The molecule has 1 heterocycles. The SMILES string of the molecule is O=C(O)CCN(c1ncnc2ccccc12)C1CC1. The van der Waals surface area contributed by atoms with Gasteiger partial charge in [0.2, 0.25) is 0 Å². The Hall–Kier alpha value is -2.17. The molecule has 0 saturated heterocycles. The highest BCUT2D eigenvalue weighted by atomic mass is 16.4. The van der Waals surface area contributed by atoms with E-state index in [1.165, 1.54) is 0 Å². The van der Waals surface area contributed by atoms with E-state index >= 15 is 0 Å². The van der Waals surface area contributed by atoms with E-state index < -0.39 is 5.97 Å². The number of hydrogen-bond acceptors (Lipinski definition) is 4. The Morgan fingerprint density at radius 1 is 1.32 bits per heavy atom. The van der Waals surface area contributed by atoms with Crippen molar-refractivity contribution >= 4 is 22.7 Å². The van der Waals surface area contributed by atoms with Crippen molar-refractivity contribution in [3.8, 4) is 0 Å². The van der Waals surface area contributed by atoms with Gasteiger partial charge in [0.25, 0.3) is 0 Å². The minimum atomic E-state index is -0.774. The van der Waals surface area contributed by atoms with Crippen LogP contribution in [-0.4, -0.2) is 33.6 Å². The summed E-state index contributed by atoms with van der Waals surface area (Å²) >= 11 is 0. The van der Waals surface area contributed by atoms with Gasteiger partial charge < -0.3 is 10.0 Å². The topological polar surface area (TPSA) is 66.3 Å². The molecular formula is C14H15N3O2. The molecule has 0 amide bonds. The van der Waals surface area contributed by atoms with Crippen molar-refractivity contribution in [1.29, 1.82) is 0 Å². The summed E-state index contributed by atoms with van der Waals surface area (Å²) in [5.41, 5.74) is 0.897. The zero-order valence-corrected chi connectivity index (χ0v) is 10.5. The maximum atomic E-state index is 10.8. The third-order valence-corrected chi connectivity index (χ3v) is 3.35. The second-order valence-electron chi connectivity index (χ2n) is 4.78. The van der Waals surface area contributed by atoms with Crippen LogP contribution in [0.25, 0.3) is 10.9 Å². The number of carboxylic acid groups (broad SMARTS) is 1. The van der Waals surface area contributed by atoms with Gasteiger partial charge in [-0.25, -0.2) is 9.97 Å². The number of fused-ring (bicyclic) bond motifs is 1. The Labute approximate surface area is 110 Å². The normalized spacial score (nSPS) is 14.5. The Balaban J connectivity index is 1.97. The molecule has 3 rings (SSSR count). The van der Waals surface area contributed by atoms with Gasteiger partial charge in [0.1, 0.15) is 12.1 Å². The summed E-state index contributed by atoms with van der Waals surface area (Å²) in [4.78, 5) is 21.5. The number of carbonyl (C=O) groups is 1. The van der Waals surface area contributed by atoms with E-state index in [2.05, 4.69) is 14.9 Å². The second-order valence-corrected chi connectivity index (χ2v) is 4.78. The molecule has 0 radical (unpaired) electrons. The van der Waals surface area contributed by atoms with Gasteiger partial charge in [0, 0.05) is 18.0 Å². The molecule has 0 bridgehead atoms. The molecule has 19 heavy (non-hydrogen) atoms. The summed E-state index contributed by atoms with van der Waals surface area (Å²) in [5.74, 6) is 0.0818. The van der Waals surface area contributed by atoms with Crippen molar-refractivity contribution in [2.45, 2.75) is 25.3 Å². The van der Waals surface area contributed by atoms with E-state index in [1.54, 1.807) is 6.33 Å². The van der Waals surface area contributed by atoms with Crippen molar-refractivity contribution in [2.75, 3.05) is 11.4 Å². The lowest BCUT2D eigenvalue weighted by molar-refractivity contribution is -0.136. The third-order valence-electron chi connectivity index (χ3n) is 3.35. The first-order valence-electron chi connectivity index (χ1n) is 6.44. The number of aromatic nitrogens is 2. The minimum absolute atomic E-state index is 0.134. The molecule has 5 heteroatoms. The molecule has 2 aromatic rings. The highest BCUT2D eigenvalue weighted by Gasteiger charge is 2.31. The van der Waals surface area contributed by atoms with Gasteiger partial charge in [-0.15, -0.1) is 0 Å². The molecule has 0 atom stereocenters. The van der Waals surface area contributed by atoms with Gasteiger partial charge in [0.15, 0.2) is 0 Å². The van der Waals surface area contributed by atoms with Crippen molar-refractivity contribution in [1.82, 2.24) is 9.97 Å². The minimum Gasteiger partial charge on any atom is -0.481 e. The summed E-state index contributed by atoms with van der Waals surface area (Å²) in [6.07, 6.45) is 3.90. The van der Waals surface area contributed by atoms with E-state index in [0.29, 0.717) is 12.6 Å². The smallest absolute Gasteiger partial charge is 0.305 e. The third kappa shape index (κ3) is 2.50. The van der Waals surface area contributed by atoms with Crippen LogP contribution in [0.2, 0.25) is 0 Å². The molecule has 1 saturated carbocycles. The van der Waals surface area contributed by atoms with Gasteiger partial charge in [0.05, 0.1) is 11.9 Å². The van der Waals surface area contributed by atoms with Crippen LogP contribution in [0.3, 0.4) is 0 Å². The van der Waals surface area contributed by atoms with Gasteiger partial charge in [-0.2, -0.15) is 0 Å². The number of nitrogens with zero attached hydrogens (tertiary/aromatic N) is 3. The van der Waals surface area contributed by atoms with Crippen LogP contribution in [-0.2, 0) is 4.79 Å². The van der Waals surface area contributed by atoms with Crippen LogP contribution in [0, 0.1) is 0 Å². The van der Waals surface area contributed by atoms with E-state index in [0.717, 1.165) is 29.6 Å². The number of anilines is 1. The Morgan fingerprint density at radius 3 is 2.84 bits per heavy atom. The lowest BCUT2D eigenvalue weighted by atomic mass is 10.2. The molecule has 1 aromatic carbocycles. The van der Waals surface area contributed by atoms with Crippen LogP contribution < -0.4 is 4.90 Å². The first-order chi connectivity index (χ1) is 9.25. The number of rotatable bonds is 5. The highest BCUT2D eigenvalue weighted by Crippen LogP contribution is 2.33. The first-order valence-corrected chi connectivity index (χ1v) is 6.44. The molecule has 1 aliphatic carbocycles. The van der Waals surface area contributed by atoms with Gasteiger partial charge in [-0.3, -0.25) is 4.79 Å². The number of benzene rings is 1. The van der Waals surface area contributed by atoms with Crippen LogP contribution in [0.5, 0.6) is 0 Å². The van der Waals surface area contributed by atoms with Gasteiger partial charge in [-0.05, 0) is 25.0 Å². The average molecular weight is 257 g/mol. The summed E-state index contributed by atoms with van der Waals surface area (Å²) in [5, 5.41) is 9.85. The molecule has 0 spiro atoms. The fourth-order valence-corrected chi connectivity index (χ4v) is 2.28. The van der Waals surface area contributed by atoms with E-state index in [1.807, 2.05) is 24.3 Å². The van der Waals surface area contributed by atoms with Crippen LogP contribution in [0.15, 0.2) is 30.6 Å². The summed E-state index contributed by atoms with van der Waals surface area (Å²) < 4.78 is 0. The predicted molar refractivity (Wildman–Crippen MR) is 72.2 cm³/mol. The second kappa shape index (κ2) is 4.84. The predicted octanol–water partition coefficient (Wildman–Crippen LogP) is 2.07. The zero-order chi connectivity index (χ0) is 13.2. The molecule has 1 aromatic heterocycles. The van der Waals surface area contributed by atoms with Crippen LogP contribution in [0.1, 0.15) is 19.3 Å². The van der Waals surface area contributed by atoms with Crippen molar-refractivity contribution < 1.29 is 9.90 Å². The monoisotopic (exact) mass is 257 g/mol. The molecule has 1 N–H and O–H groups in total. The molecule has 98 valence electrons. The Kier molecular flexibility index (Phi) is 3.03. The summed E-state index contributed by atoms with van der Waals surface area (Å²) in [7, 11) is 0. The van der Waals surface area contributed by atoms with E-state index in [4.69, 9.17) is 5.11 Å². The van der Waals surface area contributed by atoms with Crippen molar-refractivity contribution in [2.24, 2.45) is 0 Å². The fraction of sp³-hybridized carbons (Fsp3) is 0.357. The van der Waals surface area contributed by atoms with Crippen molar-refractivity contribution in [3.63, 3.8) is 0 Å². The molecule has 5 nitrogen and oxygen atoms in total. The Bertz CT molecular complexity index is 605. The van der Waals surface area contributed by atoms with E-state index in [-0.39, 0.29) is 6.42 Å². The highest BCUT2D eigenvalue weighted by molar-refractivity contribution is 5.89. The van der Waals surface area contributed by atoms with Crippen molar-refractivity contribution in [3.05, 3.63) is 30.6 Å². The average Bonchev–Trinajstić information content (AvgIpc) is 3.23. The molecule has 0 unspecified atom stereocenters. The maximum absolute atomic E-state index is 10.8. The molecule has 1 aliphatic rings. The lowest BCUT2D eigenvalue weighted by Gasteiger charge is -2.23. The van der Waals surface area contributed by atoms with Gasteiger partial charge >= 0.3 is 5.97 Å². The number of carboxylic acids is 1. The quantitative estimate of drug-likeness (QED) is 0.888. The molecule has 0 aliphatic heterocycles. The zero-order valence-electron chi connectivity index (χ0n) is 10.5. The van der Waals surface area contributed by atoms with Crippen LogP contribution >= 0.6 is 0 Å². The standard InChI is InChI=1S/C14H15N3O2/c18-13(19)7-8-17(10-5-6-10)14-11-3-1-2-4-12(11)15-9-16-14/h1-4,9-10H,5-8H2,(H,18,19). The number of aliphatic carboxylic acids is 1. The number of para-hydroxylation sites is 1. The fourth-order valence-electron chi connectivity index (χ4n) is 2.28. The number of hydrogen-bond donors (Lipinski definition) is 1. The largest absolute Gasteiger partial charge is 0.481 e. The van der Waals surface area contributed by atoms with Crippen LogP contribution in [0.4, 0.5) is 5.82 Å².